The highest BCUT2D eigenvalue weighted by Gasteiger charge is 2.25. The van der Waals surface area contributed by atoms with E-state index in [0.29, 0.717) is 6.04 Å². The number of rotatable bonds is 5. The van der Waals surface area contributed by atoms with Crippen molar-refractivity contribution in [1.82, 2.24) is 20.2 Å². The minimum atomic E-state index is 0.624. The van der Waals surface area contributed by atoms with E-state index in [4.69, 9.17) is 0 Å². The standard InChI is InChI=1S/C14H23N5/c1-12(11-17-13-3-4-13)18-7-9-19(10-8-18)14-15-5-2-6-16-14/h2,5-6,12-13,17H,3-4,7-11H2,1H3. The van der Waals surface area contributed by atoms with Crippen molar-refractivity contribution >= 4 is 5.95 Å². The summed E-state index contributed by atoms with van der Waals surface area (Å²) < 4.78 is 0. The van der Waals surface area contributed by atoms with Crippen LogP contribution in [0.5, 0.6) is 0 Å². The molecule has 1 N–H and O–H groups in total. The van der Waals surface area contributed by atoms with Crippen molar-refractivity contribution in [1.29, 1.82) is 0 Å². The Labute approximate surface area is 115 Å². The Morgan fingerprint density at radius 1 is 1.21 bits per heavy atom. The van der Waals surface area contributed by atoms with Crippen LogP contribution in [0.2, 0.25) is 0 Å². The van der Waals surface area contributed by atoms with Crippen molar-refractivity contribution < 1.29 is 0 Å². The molecule has 1 unspecified atom stereocenters. The Kier molecular flexibility index (Phi) is 3.94. The zero-order valence-corrected chi connectivity index (χ0v) is 11.6. The van der Waals surface area contributed by atoms with E-state index in [9.17, 15) is 0 Å². The molecule has 0 spiro atoms. The summed E-state index contributed by atoms with van der Waals surface area (Å²) in [7, 11) is 0. The lowest BCUT2D eigenvalue weighted by Crippen LogP contribution is -2.52. The Morgan fingerprint density at radius 2 is 1.89 bits per heavy atom. The monoisotopic (exact) mass is 261 g/mol. The maximum absolute atomic E-state index is 4.32. The van der Waals surface area contributed by atoms with Gasteiger partial charge in [-0.3, -0.25) is 4.90 Å². The number of nitrogens with zero attached hydrogens (tertiary/aromatic N) is 4. The lowest BCUT2D eigenvalue weighted by molar-refractivity contribution is 0.192. The van der Waals surface area contributed by atoms with Crippen molar-refractivity contribution in [2.75, 3.05) is 37.6 Å². The van der Waals surface area contributed by atoms with Gasteiger partial charge in [0.25, 0.3) is 0 Å². The van der Waals surface area contributed by atoms with Crippen LogP contribution in [0.3, 0.4) is 0 Å². The number of piperazine rings is 1. The molecule has 104 valence electrons. The fourth-order valence-corrected chi connectivity index (χ4v) is 2.57. The summed E-state index contributed by atoms with van der Waals surface area (Å²) in [5.41, 5.74) is 0. The second-order valence-electron chi connectivity index (χ2n) is 5.60. The summed E-state index contributed by atoms with van der Waals surface area (Å²) in [6, 6.07) is 3.30. The highest BCUT2D eigenvalue weighted by molar-refractivity contribution is 5.29. The average Bonchev–Trinajstić information content (AvgIpc) is 3.30. The smallest absolute Gasteiger partial charge is 0.225 e. The first kappa shape index (κ1) is 12.8. The quantitative estimate of drug-likeness (QED) is 0.847. The average molecular weight is 261 g/mol. The van der Waals surface area contributed by atoms with Gasteiger partial charge in [-0.25, -0.2) is 9.97 Å². The molecule has 5 heteroatoms. The summed E-state index contributed by atoms with van der Waals surface area (Å²) >= 11 is 0. The minimum absolute atomic E-state index is 0.624. The Morgan fingerprint density at radius 3 is 2.53 bits per heavy atom. The van der Waals surface area contributed by atoms with Gasteiger partial charge in [-0.2, -0.15) is 0 Å². The van der Waals surface area contributed by atoms with Crippen LogP contribution < -0.4 is 10.2 Å². The van der Waals surface area contributed by atoms with Crippen LogP contribution in [0, 0.1) is 0 Å². The van der Waals surface area contributed by atoms with Crippen LogP contribution >= 0.6 is 0 Å². The number of anilines is 1. The van der Waals surface area contributed by atoms with Gasteiger partial charge in [-0.15, -0.1) is 0 Å². The number of nitrogens with one attached hydrogen (secondary N) is 1. The number of hydrogen-bond donors (Lipinski definition) is 1. The summed E-state index contributed by atoms with van der Waals surface area (Å²) in [5.74, 6) is 0.867. The van der Waals surface area contributed by atoms with Crippen molar-refractivity contribution in [3.05, 3.63) is 18.5 Å². The third-order valence-electron chi connectivity index (χ3n) is 4.05. The minimum Gasteiger partial charge on any atom is -0.338 e. The Bertz CT molecular complexity index is 384. The molecule has 2 heterocycles. The van der Waals surface area contributed by atoms with Crippen LogP contribution in [0.4, 0.5) is 5.95 Å². The first-order chi connectivity index (χ1) is 9.33. The van der Waals surface area contributed by atoms with E-state index >= 15 is 0 Å². The molecule has 19 heavy (non-hydrogen) atoms. The molecule has 1 aromatic heterocycles. The zero-order valence-electron chi connectivity index (χ0n) is 11.6. The van der Waals surface area contributed by atoms with Gasteiger partial charge >= 0.3 is 0 Å². The zero-order chi connectivity index (χ0) is 13.1. The maximum atomic E-state index is 4.32. The fraction of sp³-hybridized carbons (Fsp3) is 0.714. The summed E-state index contributed by atoms with van der Waals surface area (Å²) in [6.07, 6.45) is 6.37. The molecule has 1 aliphatic heterocycles. The van der Waals surface area contributed by atoms with Crippen molar-refractivity contribution in [2.24, 2.45) is 0 Å². The Balaban J connectivity index is 1.45. The van der Waals surface area contributed by atoms with E-state index in [1.807, 2.05) is 18.5 Å². The van der Waals surface area contributed by atoms with E-state index in [1.165, 1.54) is 12.8 Å². The highest BCUT2D eigenvalue weighted by atomic mass is 15.3. The molecule has 3 rings (SSSR count). The number of hydrogen-bond acceptors (Lipinski definition) is 5. The van der Waals surface area contributed by atoms with E-state index in [-0.39, 0.29) is 0 Å². The van der Waals surface area contributed by atoms with Crippen LogP contribution in [-0.2, 0) is 0 Å². The summed E-state index contributed by atoms with van der Waals surface area (Å²) in [4.78, 5) is 13.5. The third-order valence-corrected chi connectivity index (χ3v) is 4.05. The lowest BCUT2D eigenvalue weighted by Gasteiger charge is -2.38. The van der Waals surface area contributed by atoms with Gasteiger partial charge in [0.15, 0.2) is 0 Å². The molecule has 2 aliphatic rings. The molecule has 0 bridgehead atoms. The fourth-order valence-electron chi connectivity index (χ4n) is 2.57. The molecule has 2 fully saturated rings. The molecule has 1 aliphatic carbocycles. The molecular formula is C14H23N5. The highest BCUT2D eigenvalue weighted by Crippen LogP contribution is 2.19. The lowest BCUT2D eigenvalue weighted by atomic mass is 10.2. The van der Waals surface area contributed by atoms with Gasteiger partial charge in [0.05, 0.1) is 0 Å². The first-order valence-corrected chi connectivity index (χ1v) is 7.32. The predicted molar refractivity (Wildman–Crippen MR) is 76.3 cm³/mol. The maximum Gasteiger partial charge on any atom is 0.225 e. The van der Waals surface area contributed by atoms with Gasteiger partial charge in [0.2, 0.25) is 5.95 Å². The van der Waals surface area contributed by atoms with Crippen molar-refractivity contribution in [3.63, 3.8) is 0 Å². The largest absolute Gasteiger partial charge is 0.338 e. The van der Waals surface area contributed by atoms with Gasteiger partial charge in [-0.1, -0.05) is 0 Å². The molecule has 1 saturated carbocycles. The van der Waals surface area contributed by atoms with Crippen LogP contribution in [0.1, 0.15) is 19.8 Å². The van der Waals surface area contributed by atoms with E-state index in [1.54, 1.807) is 0 Å². The second kappa shape index (κ2) is 5.84. The molecular weight excluding hydrogens is 238 g/mol. The van der Waals surface area contributed by atoms with E-state index in [2.05, 4.69) is 32.0 Å². The van der Waals surface area contributed by atoms with Crippen LogP contribution in [0.25, 0.3) is 0 Å². The topological polar surface area (TPSA) is 44.3 Å². The second-order valence-corrected chi connectivity index (χ2v) is 5.60. The summed E-state index contributed by atoms with van der Waals surface area (Å²) in [6.45, 7) is 7.70. The van der Waals surface area contributed by atoms with Crippen molar-refractivity contribution in [3.8, 4) is 0 Å². The SMILES string of the molecule is CC(CNC1CC1)N1CCN(c2ncccn2)CC1. The van der Waals surface area contributed by atoms with Gasteiger partial charge < -0.3 is 10.2 Å². The van der Waals surface area contributed by atoms with E-state index < -0.39 is 0 Å². The summed E-state index contributed by atoms with van der Waals surface area (Å²) in [5, 5.41) is 3.62. The molecule has 0 radical (unpaired) electrons. The van der Waals surface area contributed by atoms with E-state index in [0.717, 1.165) is 44.7 Å². The van der Waals surface area contributed by atoms with Gasteiger partial charge in [-0.05, 0) is 25.8 Å². The predicted octanol–water partition coefficient (Wildman–Crippen LogP) is 0.739. The van der Waals surface area contributed by atoms with Crippen molar-refractivity contribution in [2.45, 2.75) is 31.8 Å². The third kappa shape index (κ3) is 3.42. The van der Waals surface area contributed by atoms with Gasteiger partial charge in [0, 0.05) is 57.2 Å². The molecule has 0 amide bonds. The Hall–Kier alpha value is -1.20. The van der Waals surface area contributed by atoms with Gasteiger partial charge in [0.1, 0.15) is 0 Å². The number of aromatic nitrogens is 2. The normalized spacial score (nSPS) is 22.5. The van der Waals surface area contributed by atoms with Crippen LogP contribution in [0.15, 0.2) is 18.5 Å². The molecule has 5 nitrogen and oxygen atoms in total. The molecule has 0 aromatic carbocycles. The molecule has 1 aromatic rings. The first-order valence-electron chi connectivity index (χ1n) is 7.32. The molecule has 1 saturated heterocycles. The molecule has 1 atom stereocenters. The van der Waals surface area contributed by atoms with Crippen LogP contribution in [-0.4, -0.2) is 59.7 Å².